The molecule has 1 fully saturated rings. The number of halogens is 1. The van der Waals surface area contributed by atoms with Gasteiger partial charge in [-0.05, 0) is 38.0 Å². The summed E-state index contributed by atoms with van der Waals surface area (Å²) in [4.78, 5) is 12.5. The van der Waals surface area contributed by atoms with Gasteiger partial charge in [0.1, 0.15) is 12.4 Å². The fraction of sp³-hybridized carbons (Fsp3) is 0.474. The van der Waals surface area contributed by atoms with Crippen molar-refractivity contribution in [3.05, 3.63) is 42.4 Å². The summed E-state index contributed by atoms with van der Waals surface area (Å²) in [5, 5.41) is 6.81. The highest BCUT2D eigenvalue weighted by Crippen LogP contribution is 2.36. The molecule has 0 radical (unpaired) electrons. The Balaban J connectivity index is 0.00000243. The van der Waals surface area contributed by atoms with E-state index in [1.54, 1.807) is 0 Å². The summed E-state index contributed by atoms with van der Waals surface area (Å²) >= 11 is 2.06. The predicted molar refractivity (Wildman–Crippen MR) is 122 cm³/mol. The van der Waals surface area contributed by atoms with Crippen LogP contribution >= 0.6 is 35.7 Å². The van der Waals surface area contributed by atoms with Gasteiger partial charge in [-0.3, -0.25) is 0 Å². The molecular formula is C19H28IN5S. The first kappa shape index (κ1) is 21.1. The molecule has 1 unspecified atom stereocenters. The Labute approximate surface area is 177 Å². The molecule has 142 valence electrons. The van der Waals surface area contributed by atoms with Gasteiger partial charge in [0.15, 0.2) is 5.96 Å². The number of benzene rings is 1. The number of rotatable bonds is 6. The number of H-pyrrole nitrogens is 1. The van der Waals surface area contributed by atoms with Crippen molar-refractivity contribution in [1.82, 2.24) is 20.6 Å². The summed E-state index contributed by atoms with van der Waals surface area (Å²) in [7, 11) is 0. The van der Waals surface area contributed by atoms with Gasteiger partial charge in [0.2, 0.25) is 0 Å². The largest absolute Gasteiger partial charge is 0.357 e. The normalized spacial score (nSPS) is 19.8. The number of nitrogens with one attached hydrogen (secondary N) is 3. The molecule has 1 aromatic heterocycles. The minimum atomic E-state index is 0. The third kappa shape index (κ3) is 5.90. The van der Waals surface area contributed by atoms with Crippen molar-refractivity contribution in [3.63, 3.8) is 0 Å². The highest BCUT2D eigenvalue weighted by atomic mass is 127. The topological polar surface area (TPSA) is 65.1 Å². The average Bonchev–Trinajstić information content (AvgIpc) is 3.28. The molecule has 2 aromatic rings. The van der Waals surface area contributed by atoms with Crippen LogP contribution in [-0.2, 0) is 6.54 Å². The van der Waals surface area contributed by atoms with Gasteiger partial charge in [-0.25, -0.2) is 9.98 Å². The summed E-state index contributed by atoms with van der Waals surface area (Å²) in [6.45, 7) is 6.75. The van der Waals surface area contributed by atoms with Crippen molar-refractivity contribution in [2.45, 2.75) is 38.0 Å². The molecule has 0 bridgehead atoms. The van der Waals surface area contributed by atoms with E-state index in [4.69, 9.17) is 0 Å². The Bertz CT molecular complexity index is 695. The number of nitrogens with zero attached hydrogens (tertiary/aromatic N) is 2. The van der Waals surface area contributed by atoms with Crippen molar-refractivity contribution in [2.75, 3.05) is 18.8 Å². The van der Waals surface area contributed by atoms with Crippen LogP contribution in [0.15, 0.2) is 41.5 Å². The molecule has 0 aliphatic carbocycles. The number of guanidine groups is 1. The number of thioether (sulfide) groups is 1. The maximum atomic E-state index is 4.67. The minimum Gasteiger partial charge on any atom is -0.357 e. The van der Waals surface area contributed by atoms with Gasteiger partial charge >= 0.3 is 0 Å². The first-order valence-corrected chi connectivity index (χ1v) is 9.92. The van der Waals surface area contributed by atoms with Crippen LogP contribution in [0.5, 0.6) is 0 Å². The fourth-order valence-corrected chi connectivity index (χ4v) is 4.19. The maximum absolute atomic E-state index is 4.67. The van der Waals surface area contributed by atoms with E-state index in [-0.39, 0.29) is 24.0 Å². The van der Waals surface area contributed by atoms with E-state index in [9.17, 15) is 0 Å². The second-order valence-corrected chi connectivity index (χ2v) is 8.24. The smallest absolute Gasteiger partial charge is 0.191 e. The summed E-state index contributed by atoms with van der Waals surface area (Å²) in [6.07, 6.45) is 4.45. The lowest BCUT2D eigenvalue weighted by molar-refractivity contribution is 0.584. The number of aromatic amines is 1. The number of hydrogen-bond donors (Lipinski definition) is 3. The zero-order valence-electron chi connectivity index (χ0n) is 15.4. The zero-order valence-corrected chi connectivity index (χ0v) is 18.6. The van der Waals surface area contributed by atoms with Crippen molar-refractivity contribution in [2.24, 2.45) is 4.99 Å². The second-order valence-electron chi connectivity index (χ2n) is 6.56. The lowest BCUT2D eigenvalue weighted by atomic mass is 10.1. The van der Waals surface area contributed by atoms with Crippen LogP contribution in [0.25, 0.3) is 11.3 Å². The number of hydrogen-bond acceptors (Lipinski definition) is 3. The van der Waals surface area contributed by atoms with Crippen LogP contribution in [0.4, 0.5) is 0 Å². The average molecular weight is 485 g/mol. The third-order valence-electron chi connectivity index (χ3n) is 4.37. The summed E-state index contributed by atoms with van der Waals surface area (Å²) in [6, 6.07) is 10.2. The van der Waals surface area contributed by atoms with Gasteiger partial charge in [-0.1, -0.05) is 30.3 Å². The van der Waals surface area contributed by atoms with Gasteiger partial charge in [0, 0.05) is 17.8 Å². The second kappa shape index (κ2) is 10.2. The maximum Gasteiger partial charge on any atom is 0.191 e. The molecule has 7 heteroatoms. The number of imidazole rings is 1. The van der Waals surface area contributed by atoms with E-state index in [0.717, 1.165) is 36.1 Å². The molecule has 1 atom stereocenters. The van der Waals surface area contributed by atoms with E-state index in [0.29, 0.717) is 11.3 Å². The molecular weight excluding hydrogens is 457 g/mol. The lowest BCUT2D eigenvalue weighted by Gasteiger charge is -2.24. The highest BCUT2D eigenvalue weighted by molar-refractivity contribution is 14.0. The Kier molecular flexibility index (Phi) is 8.27. The molecule has 1 aliphatic rings. The van der Waals surface area contributed by atoms with E-state index in [1.165, 1.54) is 18.6 Å². The van der Waals surface area contributed by atoms with Crippen LogP contribution in [-0.4, -0.2) is 39.5 Å². The van der Waals surface area contributed by atoms with Crippen molar-refractivity contribution in [3.8, 4) is 11.3 Å². The summed E-state index contributed by atoms with van der Waals surface area (Å²) in [5.74, 6) is 2.99. The van der Waals surface area contributed by atoms with Crippen molar-refractivity contribution < 1.29 is 0 Å². The van der Waals surface area contributed by atoms with Crippen molar-refractivity contribution >= 4 is 41.7 Å². The Morgan fingerprint density at radius 1 is 1.31 bits per heavy atom. The molecule has 1 saturated heterocycles. The van der Waals surface area contributed by atoms with Gasteiger partial charge in [-0.15, -0.1) is 24.0 Å². The Hall–Kier alpha value is -1.22. The first-order chi connectivity index (χ1) is 12.2. The predicted octanol–water partition coefficient (Wildman–Crippen LogP) is 4.04. The molecule has 1 aromatic carbocycles. The lowest BCUT2D eigenvalue weighted by Crippen LogP contribution is -2.43. The molecule has 26 heavy (non-hydrogen) atoms. The summed E-state index contributed by atoms with van der Waals surface area (Å²) in [5.41, 5.74) is 2.17. The summed E-state index contributed by atoms with van der Waals surface area (Å²) < 4.78 is 0.321. The van der Waals surface area contributed by atoms with E-state index < -0.39 is 0 Å². The standard InChI is InChI=1S/C19H27N5S.HI/c1-3-20-18(23-14-19(2)10-7-11-25-19)22-13-17-21-12-16(24-17)15-8-5-4-6-9-15;/h4-6,8-9,12H,3,7,10-11,13-14H2,1-2H3,(H,21,24)(H2,20,22,23);1H. The van der Waals surface area contributed by atoms with Gasteiger partial charge < -0.3 is 15.6 Å². The molecule has 0 spiro atoms. The van der Waals surface area contributed by atoms with Gasteiger partial charge in [-0.2, -0.15) is 11.8 Å². The van der Waals surface area contributed by atoms with Crippen LogP contribution in [0.2, 0.25) is 0 Å². The molecule has 1 aliphatic heterocycles. The van der Waals surface area contributed by atoms with Crippen LogP contribution in [0.3, 0.4) is 0 Å². The Morgan fingerprint density at radius 2 is 2.12 bits per heavy atom. The molecule has 0 saturated carbocycles. The molecule has 2 heterocycles. The zero-order chi connectivity index (χ0) is 17.5. The van der Waals surface area contributed by atoms with Gasteiger partial charge in [0.05, 0.1) is 11.9 Å². The molecule has 3 rings (SSSR count). The van der Waals surface area contributed by atoms with E-state index in [2.05, 4.69) is 63.3 Å². The van der Waals surface area contributed by atoms with Crippen LogP contribution in [0.1, 0.15) is 32.5 Å². The SMILES string of the molecule is CCNC(=NCc1ncc(-c2ccccc2)[nH]1)NCC1(C)CCCS1.I. The number of aromatic nitrogens is 2. The third-order valence-corrected chi connectivity index (χ3v) is 5.91. The minimum absolute atomic E-state index is 0. The molecule has 5 nitrogen and oxygen atoms in total. The monoisotopic (exact) mass is 485 g/mol. The van der Waals surface area contributed by atoms with Crippen LogP contribution < -0.4 is 10.6 Å². The van der Waals surface area contributed by atoms with E-state index in [1.807, 2.05) is 24.4 Å². The molecule has 3 N–H and O–H groups in total. The van der Waals surface area contributed by atoms with Crippen LogP contribution in [0, 0.1) is 0 Å². The molecule has 0 amide bonds. The van der Waals surface area contributed by atoms with Crippen molar-refractivity contribution in [1.29, 1.82) is 0 Å². The van der Waals surface area contributed by atoms with Gasteiger partial charge in [0.25, 0.3) is 0 Å². The quantitative estimate of drug-likeness (QED) is 0.329. The number of aliphatic imine (C=N–C) groups is 1. The fourth-order valence-electron chi connectivity index (χ4n) is 2.95. The highest BCUT2D eigenvalue weighted by Gasteiger charge is 2.29. The first-order valence-electron chi connectivity index (χ1n) is 8.94. The Morgan fingerprint density at radius 3 is 2.81 bits per heavy atom. The van der Waals surface area contributed by atoms with E-state index >= 15 is 0 Å².